The van der Waals surface area contributed by atoms with E-state index in [9.17, 15) is 10.1 Å². The summed E-state index contributed by atoms with van der Waals surface area (Å²) < 4.78 is 5.41. The molecule has 9 heteroatoms. The van der Waals surface area contributed by atoms with Gasteiger partial charge in [0, 0.05) is 48.4 Å². The number of hydrogen-bond acceptors (Lipinski definition) is 7. The van der Waals surface area contributed by atoms with Gasteiger partial charge in [-0.3, -0.25) is 15.0 Å². The molecule has 0 aliphatic carbocycles. The van der Waals surface area contributed by atoms with Gasteiger partial charge < -0.3 is 9.84 Å². The number of benzene rings is 2. The maximum atomic E-state index is 11.0. The van der Waals surface area contributed by atoms with Crippen LogP contribution >= 0.6 is 11.6 Å². The van der Waals surface area contributed by atoms with E-state index in [2.05, 4.69) is 20.4 Å². The number of rotatable bonds is 5. The van der Waals surface area contributed by atoms with Crippen LogP contribution in [0.3, 0.4) is 0 Å². The average Bonchev–Trinajstić information content (AvgIpc) is 3.18. The molecule has 1 aliphatic heterocycles. The van der Waals surface area contributed by atoms with Crippen LogP contribution in [0.15, 0.2) is 53.1 Å². The number of nitrogens with one attached hydrogen (secondary N) is 1. The zero-order chi connectivity index (χ0) is 19.5. The minimum atomic E-state index is -0.445. The predicted octanol–water partition coefficient (Wildman–Crippen LogP) is 3.44. The Bertz CT molecular complexity index is 993. The molecule has 1 atom stereocenters. The van der Waals surface area contributed by atoms with Crippen molar-refractivity contribution in [1.82, 2.24) is 20.4 Å². The van der Waals surface area contributed by atoms with Crippen LogP contribution in [-0.2, 0) is 6.54 Å². The zero-order valence-corrected chi connectivity index (χ0v) is 15.7. The van der Waals surface area contributed by atoms with Gasteiger partial charge in [0.15, 0.2) is 0 Å². The predicted molar refractivity (Wildman–Crippen MR) is 104 cm³/mol. The van der Waals surface area contributed by atoms with E-state index in [4.69, 9.17) is 16.1 Å². The van der Waals surface area contributed by atoms with Crippen LogP contribution in [0.1, 0.15) is 17.5 Å². The SMILES string of the molecule is O=[N+]([O-])c1cccc(-c2noc(CN3CCNCC3c3ccccc3Cl)n2)c1. The average molecular weight is 400 g/mol. The topological polar surface area (TPSA) is 97.3 Å². The molecule has 1 fully saturated rings. The van der Waals surface area contributed by atoms with Crippen molar-refractivity contribution < 1.29 is 9.45 Å². The van der Waals surface area contributed by atoms with Crippen molar-refractivity contribution in [1.29, 1.82) is 0 Å². The molecule has 8 nitrogen and oxygen atoms in total. The summed E-state index contributed by atoms with van der Waals surface area (Å²) in [6, 6.07) is 14.1. The van der Waals surface area contributed by atoms with Crippen molar-refractivity contribution in [3.05, 3.63) is 75.1 Å². The molecule has 1 saturated heterocycles. The lowest BCUT2D eigenvalue weighted by Crippen LogP contribution is -2.45. The number of halogens is 1. The van der Waals surface area contributed by atoms with Gasteiger partial charge in [-0.05, 0) is 11.6 Å². The maximum Gasteiger partial charge on any atom is 0.270 e. The molecular weight excluding hydrogens is 382 g/mol. The minimum absolute atomic E-state index is 0.00950. The Kier molecular flexibility index (Phi) is 5.34. The summed E-state index contributed by atoms with van der Waals surface area (Å²) in [4.78, 5) is 17.2. The Morgan fingerprint density at radius 1 is 1.29 bits per heavy atom. The first kappa shape index (κ1) is 18.5. The van der Waals surface area contributed by atoms with Gasteiger partial charge in [-0.15, -0.1) is 0 Å². The van der Waals surface area contributed by atoms with Crippen LogP contribution in [0.25, 0.3) is 11.4 Å². The third-order valence-corrected chi connectivity index (χ3v) is 5.08. The Morgan fingerprint density at radius 2 is 2.14 bits per heavy atom. The zero-order valence-electron chi connectivity index (χ0n) is 14.9. The number of aromatic nitrogens is 2. The normalized spacial score (nSPS) is 17.5. The Labute approximate surface area is 166 Å². The minimum Gasteiger partial charge on any atom is -0.338 e. The van der Waals surface area contributed by atoms with Gasteiger partial charge in [-0.2, -0.15) is 4.98 Å². The van der Waals surface area contributed by atoms with Crippen LogP contribution in [0, 0.1) is 10.1 Å². The van der Waals surface area contributed by atoms with Crippen LogP contribution in [0.4, 0.5) is 5.69 Å². The summed E-state index contributed by atoms with van der Waals surface area (Å²) in [5.41, 5.74) is 1.59. The number of piperazine rings is 1. The Balaban J connectivity index is 1.55. The summed E-state index contributed by atoms with van der Waals surface area (Å²) >= 11 is 6.39. The molecule has 0 bridgehead atoms. The lowest BCUT2D eigenvalue weighted by atomic mass is 10.0. The molecule has 0 amide bonds. The number of hydrogen-bond donors (Lipinski definition) is 1. The molecule has 1 unspecified atom stereocenters. The Morgan fingerprint density at radius 3 is 2.96 bits per heavy atom. The van der Waals surface area contributed by atoms with Crippen molar-refractivity contribution in [2.45, 2.75) is 12.6 Å². The highest BCUT2D eigenvalue weighted by molar-refractivity contribution is 6.31. The molecule has 28 heavy (non-hydrogen) atoms. The molecular formula is C19H18ClN5O3. The lowest BCUT2D eigenvalue weighted by Gasteiger charge is -2.35. The summed E-state index contributed by atoms with van der Waals surface area (Å²) in [6.45, 7) is 2.91. The summed E-state index contributed by atoms with van der Waals surface area (Å²) in [7, 11) is 0. The molecule has 0 spiro atoms. The number of nitro benzene ring substituents is 1. The molecule has 0 saturated carbocycles. The fourth-order valence-electron chi connectivity index (χ4n) is 3.36. The van der Waals surface area contributed by atoms with E-state index < -0.39 is 4.92 Å². The highest BCUT2D eigenvalue weighted by Crippen LogP contribution is 2.30. The van der Waals surface area contributed by atoms with Crippen molar-refractivity contribution >= 4 is 17.3 Å². The fraction of sp³-hybridized carbons (Fsp3) is 0.263. The van der Waals surface area contributed by atoms with Gasteiger partial charge in [-0.25, -0.2) is 0 Å². The largest absolute Gasteiger partial charge is 0.338 e. The second-order valence-electron chi connectivity index (χ2n) is 6.53. The van der Waals surface area contributed by atoms with E-state index in [1.54, 1.807) is 12.1 Å². The first-order chi connectivity index (χ1) is 13.6. The summed E-state index contributed by atoms with van der Waals surface area (Å²) in [5.74, 6) is 0.795. The molecule has 1 N–H and O–H groups in total. The molecule has 1 aromatic heterocycles. The van der Waals surface area contributed by atoms with E-state index in [-0.39, 0.29) is 11.7 Å². The molecule has 144 valence electrons. The molecule has 2 aromatic carbocycles. The number of non-ortho nitro benzene ring substituents is 1. The van der Waals surface area contributed by atoms with Crippen LogP contribution in [0.2, 0.25) is 5.02 Å². The first-order valence-electron chi connectivity index (χ1n) is 8.88. The fourth-order valence-corrected chi connectivity index (χ4v) is 3.62. The van der Waals surface area contributed by atoms with Crippen LogP contribution < -0.4 is 5.32 Å². The third-order valence-electron chi connectivity index (χ3n) is 4.74. The molecule has 4 rings (SSSR count). The van der Waals surface area contributed by atoms with E-state index >= 15 is 0 Å². The van der Waals surface area contributed by atoms with Gasteiger partial charge in [0.05, 0.1) is 11.5 Å². The monoisotopic (exact) mass is 399 g/mol. The molecule has 2 heterocycles. The van der Waals surface area contributed by atoms with E-state index in [1.807, 2.05) is 24.3 Å². The third kappa shape index (κ3) is 3.89. The highest BCUT2D eigenvalue weighted by Gasteiger charge is 2.27. The van der Waals surface area contributed by atoms with Crippen LogP contribution in [-0.4, -0.2) is 39.6 Å². The van der Waals surface area contributed by atoms with Crippen molar-refractivity contribution in [3.8, 4) is 11.4 Å². The van der Waals surface area contributed by atoms with Crippen molar-refractivity contribution in [2.75, 3.05) is 19.6 Å². The van der Waals surface area contributed by atoms with Gasteiger partial charge >= 0.3 is 0 Å². The number of nitro groups is 1. The van der Waals surface area contributed by atoms with Crippen molar-refractivity contribution in [2.24, 2.45) is 0 Å². The highest BCUT2D eigenvalue weighted by atomic mass is 35.5. The lowest BCUT2D eigenvalue weighted by molar-refractivity contribution is -0.384. The van der Waals surface area contributed by atoms with E-state index in [0.29, 0.717) is 23.8 Å². The van der Waals surface area contributed by atoms with Crippen LogP contribution in [0.5, 0.6) is 0 Å². The van der Waals surface area contributed by atoms with E-state index in [0.717, 1.165) is 30.2 Å². The van der Waals surface area contributed by atoms with E-state index in [1.165, 1.54) is 12.1 Å². The van der Waals surface area contributed by atoms with Gasteiger partial charge in [0.2, 0.25) is 11.7 Å². The Hall–Kier alpha value is -2.81. The molecule has 1 aliphatic rings. The summed E-state index contributed by atoms with van der Waals surface area (Å²) in [5, 5.41) is 19.1. The molecule has 0 radical (unpaired) electrons. The van der Waals surface area contributed by atoms with Crippen molar-refractivity contribution in [3.63, 3.8) is 0 Å². The molecule has 3 aromatic rings. The quantitative estimate of drug-likeness (QED) is 0.518. The first-order valence-corrected chi connectivity index (χ1v) is 9.26. The second-order valence-corrected chi connectivity index (χ2v) is 6.94. The summed E-state index contributed by atoms with van der Waals surface area (Å²) in [6.07, 6.45) is 0. The van der Waals surface area contributed by atoms with Gasteiger partial charge in [0.25, 0.3) is 5.69 Å². The standard InChI is InChI=1S/C19H18ClN5O3/c20-16-7-2-1-6-15(16)17-11-21-8-9-24(17)12-18-22-19(23-28-18)13-4-3-5-14(10-13)25(26)27/h1-7,10,17,21H,8-9,11-12H2. The second kappa shape index (κ2) is 8.05. The smallest absolute Gasteiger partial charge is 0.270 e. The van der Waals surface area contributed by atoms with Gasteiger partial charge in [-0.1, -0.05) is 47.1 Å². The maximum absolute atomic E-state index is 11.0. The van der Waals surface area contributed by atoms with Gasteiger partial charge in [0.1, 0.15) is 0 Å². The number of nitrogens with zero attached hydrogens (tertiary/aromatic N) is 4.